The smallest absolute Gasteiger partial charge is 0.304 e. The Balaban J connectivity index is 1.15. The number of nitriles is 2. The van der Waals surface area contributed by atoms with Gasteiger partial charge in [0.25, 0.3) is 0 Å². The average Bonchev–Trinajstić information content (AvgIpc) is 3.55. The first-order valence-electron chi connectivity index (χ1n) is 23.8. The molecule has 3 aromatic rings. The van der Waals surface area contributed by atoms with Crippen LogP contribution in [0, 0.1) is 59.3 Å². The molecule has 7 aliphatic rings. The molecule has 0 N–H and O–H groups in total. The second kappa shape index (κ2) is 17.8. The average molecular weight is 948 g/mol. The van der Waals surface area contributed by atoms with E-state index in [1.165, 1.54) is 82.6 Å². The number of nitrogens with zero attached hydrogens (tertiary/aromatic N) is 4. The van der Waals surface area contributed by atoms with Gasteiger partial charge in [0.15, 0.2) is 11.4 Å². The molecule has 2 atom stereocenters. The predicted molar refractivity (Wildman–Crippen MR) is 275 cm³/mol. The minimum Gasteiger partial charge on any atom is -0.497 e. The van der Waals surface area contributed by atoms with Crippen LogP contribution in [0.3, 0.4) is 0 Å². The molecule has 4 bridgehead atoms. The number of thioether (sulfide) groups is 1. The standard InChI is InChI=1S/C58H60Cl2N4O2S/c1-35-21-52-46(36(2)27-56(5,6)64(52)44-16-18-45(65-9)19-17-44)25-40(35)13-14-42-32-55(3,4)31-41(54(42)67-58-28-37-22-38(29-58)24-39(23-37)30-58)11-10-12-48-47(33-61)53(51(34-62)63-8)66-57(48,7)43-15-20-49(59)50(60)26-43/h10-21,25-26,36-39H,22-24,27-32H2,1-7,9H3/b12-10+,14-13+,41-11+,53-51-. The van der Waals surface area contributed by atoms with Crippen molar-refractivity contribution in [1.82, 2.24) is 0 Å². The van der Waals surface area contributed by atoms with Crippen molar-refractivity contribution in [2.45, 2.75) is 128 Å². The third-order valence-electron chi connectivity index (χ3n) is 15.5. The Bertz CT molecular complexity index is 2810. The number of rotatable bonds is 9. The first-order valence-corrected chi connectivity index (χ1v) is 25.3. The second-order valence-corrected chi connectivity index (χ2v) is 24.0. The summed E-state index contributed by atoms with van der Waals surface area (Å²) in [4.78, 5) is 7.35. The summed E-state index contributed by atoms with van der Waals surface area (Å²) in [6, 6.07) is 22.8. The SMILES string of the molecule is [C-]#[N+]/C(C#N)=C1\OC(C)(c2ccc(Cl)c(Cl)c2)C(/C=C/C=C2\CC(C)(C)CC(/C=C/c3cc4c(cc3C)N(c3ccc(OC)cc3)C(C)(C)CC4C)=C2SC23CC4CC(CC(C4)C2)C3)=C1C#N. The summed E-state index contributed by atoms with van der Waals surface area (Å²) in [6.45, 7) is 23.7. The van der Waals surface area contributed by atoms with Crippen molar-refractivity contribution in [1.29, 1.82) is 10.5 Å². The van der Waals surface area contributed by atoms with Crippen LogP contribution in [0.5, 0.6) is 5.75 Å². The molecule has 0 saturated heterocycles. The molecule has 344 valence electrons. The zero-order chi connectivity index (χ0) is 47.6. The zero-order valence-corrected chi connectivity index (χ0v) is 42.4. The van der Waals surface area contributed by atoms with E-state index in [0.29, 0.717) is 27.1 Å². The molecule has 0 amide bonds. The number of hydrogen-bond donors (Lipinski definition) is 0. The predicted octanol–water partition coefficient (Wildman–Crippen LogP) is 16.4. The summed E-state index contributed by atoms with van der Waals surface area (Å²) in [6.07, 6.45) is 22.0. The van der Waals surface area contributed by atoms with Gasteiger partial charge < -0.3 is 14.4 Å². The second-order valence-electron chi connectivity index (χ2n) is 21.7. The van der Waals surface area contributed by atoms with E-state index < -0.39 is 5.60 Å². The Morgan fingerprint density at radius 3 is 2.19 bits per heavy atom. The maximum Gasteiger partial charge on any atom is 0.304 e. The van der Waals surface area contributed by atoms with Gasteiger partial charge in [0.1, 0.15) is 11.8 Å². The number of aryl methyl sites for hydroxylation is 1. The largest absolute Gasteiger partial charge is 0.497 e. The third-order valence-corrected chi connectivity index (χ3v) is 17.9. The lowest BCUT2D eigenvalue weighted by Crippen LogP contribution is -2.48. The molecule has 0 radical (unpaired) electrons. The number of fused-ring (bicyclic) bond motifs is 1. The maximum atomic E-state index is 10.6. The molecule has 4 fully saturated rings. The Hall–Kier alpha value is -5.10. The van der Waals surface area contributed by atoms with Gasteiger partial charge >= 0.3 is 5.70 Å². The number of hydrogen-bond acceptors (Lipinski definition) is 6. The lowest BCUT2D eigenvalue weighted by atomic mass is 9.56. The van der Waals surface area contributed by atoms with Gasteiger partial charge in [0.05, 0.1) is 35.4 Å². The van der Waals surface area contributed by atoms with Gasteiger partial charge in [-0.2, -0.15) is 5.26 Å². The van der Waals surface area contributed by atoms with E-state index in [-0.39, 0.29) is 32.7 Å². The van der Waals surface area contributed by atoms with Gasteiger partial charge in [0.2, 0.25) is 0 Å². The maximum absolute atomic E-state index is 10.6. The fourth-order valence-corrected chi connectivity index (χ4v) is 15.2. The fraction of sp³-hybridized carbons (Fsp3) is 0.431. The van der Waals surface area contributed by atoms with Crippen LogP contribution in [-0.2, 0) is 10.3 Å². The van der Waals surface area contributed by atoms with Crippen LogP contribution in [-0.4, -0.2) is 17.4 Å². The molecule has 2 unspecified atom stereocenters. The highest BCUT2D eigenvalue weighted by Crippen LogP contribution is 2.64. The molecular weight excluding hydrogens is 888 g/mol. The lowest BCUT2D eigenvalue weighted by Gasteiger charge is -2.57. The zero-order valence-electron chi connectivity index (χ0n) is 40.0. The van der Waals surface area contributed by atoms with Gasteiger partial charge in [-0.05, 0) is 191 Å². The van der Waals surface area contributed by atoms with E-state index in [0.717, 1.165) is 42.8 Å². The monoisotopic (exact) mass is 946 g/mol. The van der Waals surface area contributed by atoms with Crippen LogP contribution in [0.15, 0.2) is 118 Å². The van der Waals surface area contributed by atoms with E-state index in [4.69, 9.17) is 39.2 Å². The number of methoxy groups -OCH3 is 1. The van der Waals surface area contributed by atoms with E-state index >= 15 is 0 Å². The van der Waals surface area contributed by atoms with Crippen molar-refractivity contribution in [2.24, 2.45) is 23.2 Å². The molecule has 6 nitrogen and oxygen atoms in total. The van der Waals surface area contributed by atoms with Crippen molar-refractivity contribution in [2.75, 3.05) is 12.0 Å². The summed E-state index contributed by atoms with van der Waals surface area (Å²) in [5, 5.41) is 21.3. The number of halogens is 2. The highest BCUT2D eigenvalue weighted by Gasteiger charge is 2.52. The quantitative estimate of drug-likeness (QED) is 0.157. The topological polar surface area (TPSA) is 73.6 Å². The fourth-order valence-electron chi connectivity index (χ4n) is 13.0. The molecular formula is C58H60Cl2N4O2S. The van der Waals surface area contributed by atoms with Crippen molar-refractivity contribution >= 4 is 52.4 Å². The lowest BCUT2D eigenvalue weighted by molar-refractivity contribution is 0.0385. The van der Waals surface area contributed by atoms with E-state index in [9.17, 15) is 10.5 Å². The molecule has 3 aromatic carbocycles. The molecule has 0 aromatic heterocycles. The molecule has 4 saturated carbocycles. The number of anilines is 2. The molecule has 5 aliphatic carbocycles. The highest BCUT2D eigenvalue weighted by molar-refractivity contribution is 8.04. The van der Waals surface area contributed by atoms with Crippen LogP contribution in [0.2, 0.25) is 10.0 Å². The Morgan fingerprint density at radius 1 is 0.896 bits per heavy atom. The van der Waals surface area contributed by atoms with E-state index in [1.54, 1.807) is 19.2 Å². The normalized spacial score (nSPS) is 29.5. The van der Waals surface area contributed by atoms with Crippen LogP contribution in [0.4, 0.5) is 11.4 Å². The van der Waals surface area contributed by atoms with Gasteiger partial charge in [-0.1, -0.05) is 80.4 Å². The van der Waals surface area contributed by atoms with Crippen LogP contribution >= 0.6 is 35.0 Å². The minimum atomic E-state index is -1.21. The molecule has 2 aliphatic heterocycles. The first kappa shape index (κ1) is 47.0. The third kappa shape index (κ3) is 8.81. The van der Waals surface area contributed by atoms with E-state index in [2.05, 4.69) is 124 Å². The Kier molecular flexibility index (Phi) is 12.5. The highest BCUT2D eigenvalue weighted by atomic mass is 35.5. The summed E-state index contributed by atoms with van der Waals surface area (Å²) < 4.78 is 12.2. The summed E-state index contributed by atoms with van der Waals surface area (Å²) in [5.41, 5.74) is 8.80. The Morgan fingerprint density at radius 2 is 1.58 bits per heavy atom. The molecule has 9 heteroatoms. The molecule has 10 rings (SSSR count). The van der Waals surface area contributed by atoms with Gasteiger partial charge in [-0.15, -0.1) is 11.8 Å². The van der Waals surface area contributed by atoms with Crippen LogP contribution in [0.25, 0.3) is 10.9 Å². The van der Waals surface area contributed by atoms with Crippen molar-refractivity contribution < 1.29 is 9.47 Å². The van der Waals surface area contributed by atoms with Gasteiger partial charge in [-0.25, -0.2) is 10.1 Å². The van der Waals surface area contributed by atoms with E-state index in [1.807, 2.05) is 31.2 Å². The molecule has 2 heterocycles. The van der Waals surface area contributed by atoms with Crippen molar-refractivity contribution in [3.05, 3.63) is 161 Å². The summed E-state index contributed by atoms with van der Waals surface area (Å²) >= 11 is 15.1. The van der Waals surface area contributed by atoms with Gasteiger partial charge in [-0.3, -0.25) is 0 Å². The summed E-state index contributed by atoms with van der Waals surface area (Å²) in [7, 11) is 1.71. The molecule has 67 heavy (non-hydrogen) atoms. The summed E-state index contributed by atoms with van der Waals surface area (Å²) in [5.74, 6) is 3.69. The van der Waals surface area contributed by atoms with Crippen molar-refractivity contribution in [3.8, 4) is 17.9 Å². The number of benzene rings is 3. The Labute approximate surface area is 412 Å². The first-order chi connectivity index (χ1) is 31.9. The number of ether oxygens (including phenoxy) is 2. The minimum absolute atomic E-state index is 0.00983. The number of allylic oxidation sites excluding steroid dienone is 7. The van der Waals surface area contributed by atoms with Gasteiger partial charge in [0, 0.05) is 37.7 Å². The van der Waals surface area contributed by atoms with Crippen molar-refractivity contribution in [3.63, 3.8) is 0 Å². The molecule has 0 spiro atoms. The van der Waals surface area contributed by atoms with Crippen LogP contribution in [0.1, 0.15) is 128 Å². The van der Waals surface area contributed by atoms with Crippen LogP contribution < -0.4 is 9.64 Å².